The lowest BCUT2D eigenvalue weighted by Crippen LogP contribution is -2.53. The number of hydrogen-bond acceptors (Lipinski definition) is 3. The SMILES string of the molecule is CCCNC(=O)[C@H]1CN(C(=S)NCC)c2ccccc2O1. The molecule has 1 aliphatic heterocycles. The monoisotopic (exact) mass is 307 g/mol. The molecule has 2 rings (SSSR count). The topological polar surface area (TPSA) is 53.6 Å². The summed E-state index contributed by atoms with van der Waals surface area (Å²) in [5.41, 5.74) is 0.892. The Balaban J connectivity index is 2.20. The molecule has 1 atom stereocenters. The van der Waals surface area contributed by atoms with Gasteiger partial charge in [-0.3, -0.25) is 4.79 Å². The minimum Gasteiger partial charge on any atom is -0.477 e. The molecule has 0 radical (unpaired) electrons. The van der Waals surface area contributed by atoms with E-state index < -0.39 is 6.10 Å². The first-order valence-corrected chi connectivity index (χ1v) is 7.67. The number of carbonyl (C=O) groups is 1. The third-order valence-electron chi connectivity index (χ3n) is 3.19. The number of para-hydroxylation sites is 2. The number of thiocarbonyl (C=S) groups is 1. The van der Waals surface area contributed by atoms with Crippen molar-refractivity contribution >= 4 is 28.9 Å². The van der Waals surface area contributed by atoms with Crippen LogP contribution in [-0.4, -0.2) is 36.8 Å². The number of ether oxygens (including phenoxy) is 1. The molecule has 0 bridgehead atoms. The van der Waals surface area contributed by atoms with Crippen LogP contribution in [0.4, 0.5) is 5.69 Å². The predicted molar refractivity (Wildman–Crippen MR) is 87.8 cm³/mol. The van der Waals surface area contributed by atoms with E-state index >= 15 is 0 Å². The van der Waals surface area contributed by atoms with Crippen molar-refractivity contribution in [3.05, 3.63) is 24.3 Å². The Morgan fingerprint density at radius 2 is 2.14 bits per heavy atom. The van der Waals surface area contributed by atoms with Crippen LogP contribution in [0, 0.1) is 0 Å². The van der Waals surface area contributed by atoms with Crippen LogP contribution >= 0.6 is 12.2 Å². The van der Waals surface area contributed by atoms with Gasteiger partial charge >= 0.3 is 0 Å². The van der Waals surface area contributed by atoms with Crippen molar-refractivity contribution in [2.24, 2.45) is 0 Å². The Kier molecular flexibility index (Phi) is 5.38. The van der Waals surface area contributed by atoms with E-state index in [1.165, 1.54) is 0 Å². The number of amides is 1. The van der Waals surface area contributed by atoms with E-state index in [4.69, 9.17) is 17.0 Å². The van der Waals surface area contributed by atoms with E-state index in [9.17, 15) is 4.79 Å². The first kappa shape index (κ1) is 15.6. The summed E-state index contributed by atoms with van der Waals surface area (Å²) in [6, 6.07) is 7.62. The highest BCUT2D eigenvalue weighted by molar-refractivity contribution is 7.80. The van der Waals surface area contributed by atoms with Gasteiger partial charge in [0.15, 0.2) is 11.2 Å². The van der Waals surface area contributed by atoms with Gasteiger partial charge in [0.2, 0.25) is 0 Å². The summed E-state index contributed by atoms with van der Waals surface area (Å²) in [6.45, 7) is 5.81. The van der Waals surface area contributed by atoms with Crippen molar-refractivity contribution in [1.82, 2.24) is 10.6 Å². The zero-order valence-electron chi connectivity index (χ0n) is 12.4. The van der Waals surface area contributed by atoms with Crippen LogP contribution in [0.1, 0.15) is 20.3 Å². The Hall–Kier alpha value is -1.82. The van der Waals surface area contributed by atoms with Gasteiger partial charge in [0, 0.05) is 13.1 Å². The second kappa shape index (κ2) is 7.26. The third-order valence-corrected chi connectivity index (χ3v) is 3.55. The van der Waals surface area contributed by atoms with Crippen LogP contribution in [0.5, 0.6) is 5.75 Å². The van der Waals surface area contributed by atoms with Gasteiger partial charge in [-0.05, 0) is 37.7 Å². The largest absolute Gasteiger partial charge is 0.477 e. The average molecular weight is 307 g/mol. The highest BCUT2D eigenvalue weighted by Gasteiger charge is 2.32. The van der Waals surface area contributed by atoms with Gasteiger partial charge in [-0.25, -0.2) is 0 Å². The zero-order valence-corrected chi connectivity index (χ0v) is 13.2. The smallest absolute Gasteiger partial charge is 0.262 e. The van der Waals surface area contributed by atoms with Gasteiger partial charge in [-0.1, -0.05) is 19.1 Å². The van der Waals surface area contributed by atoms with E-state index in [-0.39, 0.29) is 5.91 Å². The Bertz CT molecular complexity index is 521. The van der Waals surface area contributed by atoms with Gasteiger partial charge < -0.3 is 20.3 Å². The van der Waals surface area contributed by atoms with Crippen molar-refractivity contribution in [1.29, 1.82) is 0 Å². The second-order valence-electron chi connectivity index (χ2n) is 4.81. The lowest BCUT2D eigenvalue weighted by molar-refractivity contribution is -0.127. The number of hydrogen-bond donors (Lipinski definition) is 2. The van der Waals surface area contributed by atoms with Crippen molar-refractivity contribution in [2.75, 3.05) is 24.5 Å². The highest BCUT2D eigenvalue weighted by atomic mass is 32.1. The molecular formula is C15H21N3O2S. The minimum atomic E-state index is -0.553. The molecule has 6 heteroatoms. The zero-order chi connectivity index (χ0) is 15.2. The summed E-state index contributed by atoms with van der Waals surface area (Å²) in [5, 5.41) is 6.61. The lowest BCUT2D eigenvalue weighted by atomic mass is 10.2. The molecule has 1 heterocycles. The second-order valence-corrected chi connectivity index (χ2v) is 5.20. The van der Waals surface area contributed by atoms with E-state index in [1.54, 1.807) is 0 Å². The minimum absolute atomic E-state index is 0.101. The van der Waals surface area contributed by atoms with Crippen LogP contribution in [0.3, 0.4) is 0 Å². The van der Waals surface area contributed by atoms with Gasteiger partial charge in [0.05, 0.1) is 12.2 Å². The van der Waals surface area contributed by atoms with Crippen LogP contribution < -0.4 is 20.3 Å². The van der Waals surface area contributed by atoms with E-state index in [2.05, 4.69) is 10.6 Å². The standard InChI is InChI=1S/C15H21N3O2S/c1-3-9-17-14(19)13-10-18(15(21)16-4-2)11-7-5-6-8-12(11)20-13/h5-8,13H,3-4,9-10H2,1-2H3,(H,16,21)(H,17,19)/t13-/m1/s1. The Morgan fingerprint density at radius 3 is 2.86 bits per heavy atom. The molecule has 0 saturated carbocycles. The van der Waals surface area contributed by atoms with Gasteiger partial charge in [0.1, 0.15) is 5.75 Å². The molecule has 0 spiro atoms. The number of fused-ring (bicyclic) bond motifs is 1. The van der Waals surface area contributed by atoms with E-state index in [0.29, 0.717) is 24.0 Å². The Labute approximate surface area is 130 Å². The van der Waals surface area contributed by atoms with Gasteiger partial charge in [-0.2, -0.15) is 0 Å². The number of anilines is 1. The fourth-order valence-corrected chi connectivity index (χ4v) is 2.49. The molecule has 0 fully saturated rings. The molecule has 0 aromatic heterocycles. The molecule has 114 valence electrons. The summed E-state index contributed by atoms with van der Waals surface area (Å²) < 4.78 is 5.81. The predicted octanol–water partition coefficient (Wildman–Crippen LogP) is 1.67. The Morgan fingerprint density at radius 1 is 1.38 bits per heavy atom. The molecular weight excluding hydrogens is 286 g/mol. The fraction of sp³-hybridized carbons (Fsp3) is 0.467. The summed E-state index contributed by atoms with van der Waals surface area (Å²) in [6.07, 6.45) is 0.345. The highest BCUT2D eigenvalue weighted by Crippen LogP contribution is 2.33. The number of carbonyl (C=O) groups excluding carboxylic acids is 1. The molecule has 2 N–H and O–H groups in total. The maximum atomic E-state index is 12.2. The van der Waals surface area contributed by atoms with Crippen molar-refractivity contribution in [2.45, 2.75) is 26.4 Å². The molecule has 0 unspecified atom stereocenters. The molecule has 1 aromatic rings. The number of benzene rings is 1. The van der Waals surface area contributed by atoms with Crippen LogP contribution in [0.25, 0.3) is 0 Å². The number of rotatable bonds is 4. The molecule has 21 heavy (non-hydrogen) atoms. The molecule has 1 aliphatic rings. The van der Waals surface area contributed by atoms with Crippen LogP contribution in [-0.2, 0) is 4.79 Å². The first-order chi connectivity index (χ1) is 10.2. The molecule has 0 aliphatic carbocycles. The van der Waals surface area contributed by atoms with Crippen molar-refractivity contribution < 1.29 is 9.53 Å². The maximum absolute atomic E-state index is 12.2. The number of nitrogens with one attached hydrogen (secondary N) is 2. The molecule has 0 saturated heterocycles. The summed E-state index contributed by atoms with van der Waals surface area (Å²) >= 11 is 5.40. The quantitative estimate of drug-likeness (QED) is 0.829. The van der Waals surface area contributed by atoms with Crippen molar-refractivity contribution in [3.63, 3.8) is 0 Å². The molecule has 1 amide bonds. The maximum Gasteiger partial charge on any atom is 0.262 e. The fourth-order valence-electron chi connectivity index (χ4n) is 2.17. The normalized spacial score (nSPS) is 16.7. The van der Waals surface area contributed by atoms with Crippen LogP contribution in [0.15, 0.2) is 24.3 Å². The van der Waals surface area contributed by atoms with E-state index in [1.807, 2.05) is 43.0 Å². The van der Waals surface area contributed by atoms with Crippen molar-refractivity contribution in [3.8, 4) is 5.75 Å². The van der Waals surface area contributed by atoms with Crippen LogP contribution in [0.2, 0.25) is 0 Å². The lowest BCUT2D eigenvalue weighted by Gasteiger charge is -2.35. The summed E-state index contributed by atoms with van der Waals surface area (Å²) in [4.78, 5) is 14.1. The molecule has 5 nitrogen and oxygen atoms in total. The van der Waals surface area contributed by atoms with Gasteiger partial charge in [-0.15, -0.1) is 0 Å². The summed E-state index contributed by atoms with van der Waals surface area (Å²) in [5.74, 6) is 0.580. The number of nitrogens with zero attached hydrogens (tertiary/aromatic N) is 1. The third kappa shape index (κ3) is 3.64. The first-order valence-electron chi connectivity index (χ1n) is 7.26. The molecule has 1 aromatic carbocycles. The summed E-state index contributed by atoms with van der Waals surface area (Å²) in [7, 11) is 0. The van der Waals surface area contributed by atoms with Gasteiger partial charge in [0.25, 0.3) is 5.91 Å². The average Bonchev–Trinajstić information content (AvgIpc) is 2.51. The van der Waals surface area contributed by atoms with E-state index in [0.717, 1.165) is 18.7 Å².